The predicted molar refractivity (Wildman–Crippen MR) is 93.6 cm³/mol. The number of carbonyl (C=O) groups excluding carboxylic acids is 1. The number of anilines is 1. The zero-order chi connectivity index (χ0) is 18.2. The van der Waals surface area contributed by atoms with Crippen LogP contribution in [0.15, 0.2) is 18.5 Å². The smallest absolute Gasteiger partial charge is 0.306 e. The number of hydrogen-bond donors (Lipinski definition) is 2. The Labute approximate surface area is 148 Å². The molecule has 0 aromatic carbocycles. The molecule has 6 heteroatoms. The number of hydrogen-bond acceptors (Lipinski definition) is 6. The van der Waals surface area contributed by atoms with Crippen LogP contribution >= 0.6 is 0 Å². The molecule has 0 unspecified atom stereocenters. The van der Waals surface area contributed by atoms with E-state index in [9.17, 15) is 9.90 Å². The Morgan fingerprint density at radius 3 is 2.96 bits per heavy atom. The minimum Gasteiger partial charge on any atom is -0.460 e. The van der Waals surface area contributed by atoms with Gasteiger partial charge in [-0.3, -0.25) is 9.78 Å². The van der Waals surface area contributed by atoms with Crippen molar-refractivity contribution in [3.8, 4) is 0 Å². The highest BCUT2D eigenvalue weighted by Crippen LogP contribution is 2.50. The Balaban J connectivity index is 1.81. The summed E-state index contributed by atoms with van der Waals surface area (Å²) in [5.74, 6) is -0.485. The van der Waals surface area contributed by atoms with Crippen molar-refractivity contribution >= 4 is 11.7 Å². The normalized spacial score (nSPS) is 32.2. The fraction of sp³-hybridized carbons (Fsp3) is 0.684. The van der Waals surface area contributed by atoms with E-state index in [0.717, 1.165) is 18.4 Å². The van der Waals surface area contributed by atoms with Crippen molar-refractivity contribution in [2.75, 3.05) is 5.73 Å². The molecule has 0 amide bonds. The molecule has 1 aliphatic heterocycles. The van der Waals surface area contributed by atoms with Crippen LogP contribution in [0.1, 0.15) is 64.5 Å². The third-order valence-corrected chi connectivity index (χ3v) is 5.20. The summed E-state index contributed by atoms with van der Waals surface area (Å²) in [6, 6.07) is 1.85. The Bertz CT molecular complexity index is 643. The maximum atomic E-state index is 12.4. The Kier molecular flexibility index (Phi) is 4.77. The third-order valence-electron chi connectivity index (χ3n) is 5.20. The van der Waals surface area contributed by atoms with Gasteiger partial charge in [0, 0.05) is 17.7 Å². The van der Waals surface area contributed by atoms with Gasteiger partial charge in [0.15, 0.2) is 0 Å². The number of aromatic nitrogens is 1. The van der Waals surface area contributed by atoms with Gasteiger partial charge in [0.05, 0.1) is 36.1 Å². The minimum absolute atomic E-state index is 0.190. The molecular formula is C19H28N2O4. The molecular weight excluding hydrogens is 320 g/mol. The summed E-state index contributed by atoms with van der Waals surface area (Å²) in [5, 5.41) is 11.2. The molecule has 6 nitrogen and oxygen atoms in total. The van der Waals surface area contributed by atoms with Gasteiger partial charge in [-0.1, -0.05) is 0 Å². The standard InChI is InChI=1S/C19H28N2O4/c1-18(2,3)25-17(22)10-12-9-15(13-6-8-21-11-14(13)20)24-16-5-4-7-19(12,16)23/h6,8,11-12,15-16,23H,4-5,7,9-10,20H2,1-3H3/t12-,15+,16+,19-/m1/s1. The monoisotopic (exact) mass is 348 g/mol. The van der Waals surface area contributed by atoms with E-state index >= 15 is 0 Å². The summed E-state index contributed by atoms with van der Waals surface area (Å²) in [4.78, 5) is 16.4. The van der Waals surface area contributed by atoms with Gasteiger partial charge in [-0.15, -0.1) is 0 Å². The van der Waals surface area contributed by atoms with Crippen LogP contribution in [0.4, 0.5) is 5.69 Å². The van der Waals surface area contributed by atoms with Crippen LogP contribution in [0, 0.1) is 5.92 Å². The largest absolute Gasteiger partial charge is 0.460 e. The van der Waals surface area contributed by atoms with Crippen molar-refractivity contribution < 1.29 is 19.4 Å². The van der Waals surface area contributed by atoms with E-state index in [4.69, 9.17) is 15.2 Å². The lowest BCUT2D eigenvalue weighted by atomic mass is 9.75. The number of rotatable bonds is 3. The maximum absolute atomic E-state index is 12.4. The van der Waals surface area contributed by atoms with Gasteiger partial charge in [0.1, 0.15) is 5.60 Å². The second-order valence-electron chi connectivity index (χ2n) is 8.22. The topological polar surface area (TPSA) is 94.7 Å². The first-order valence-corrected chi connectivity index (χ1v) is 8.98. The maximum Gasteiger partial charge on any atom is 0.306 e. The number of pyridine rings is 1. The number of carbonyl (C=O) groups is 1. The molecule has 3 rings (SSSR count). The highest BCUT2D eigenvalue weighted by atomic mass is 16.6. The molecule has 2 fully saturated rings. The average molecular weight is 348 g/mol. The quantitative estimate of drug-likeness (QED) is 0.816. The zero-order valence-corrected chi connectivity index (χ0v) is 15.2. The molecule has 138 valence electrons. The molecule has 4 atom stereocenters. The molecule has 0 radical (unpaired) electrons. The SMILES string of the molecule is CC(C)(C)OC(=O)C[C@H]1C[C@@H](c2ccncc2N)O[C@H]2CCC[C@@]12O. The lowest BCUT2D eigenvalue weighted by Crippen LogP contribution is -2.52. The van der Waals surface area contributed by atoms with Crippen LogP contribution in [-0.2, 0) is 14.3 Å². The van der Waals surface area contributed by atoms with Gasteiger partial charge in [0.25, 0.3) is 0 Å². The first-order valence-electron chi connectivity index (χ1n) is 8.98. The van der Waals surface area contributed by atoms with E-state index in [0.29, 0.717) is 18.5 Å². The van der Waals surface area contributed by atoms with Crippen molar-refractivity contribution in [3.63, 3.8) is 0 Å². The molecule has 25 heavy (non-hydrogen) atoms. The van der Waals surface area contributed by atoms with Crippen LogP contribution < -0.4 is 5.73 Å². The first kappa shape index (κ1) is 18.1. The number of esters is 1. The number of nitrogen functional groups attached to an aromatic ring is 1. The predicted octanol–water partition coefficient (Wildman–Crippen LogP) is 2.76. The summed E-state index contributed by atoms with van der Waals surface area (Å²) in [7, 11) is 0. The van der Waals surface area contributed by atoms with Gasteiger partial charge in [-0.05, 0) is 52.5 Å². The molecule has 1 aromatic heterocycles. The molecule has 1 saturated heterocycles. The number of ether oxygens (including phenoxy) is 2. The molecule has 2 heterocycles. The molecule has 1 aromatic rings. The average Bonchev–Trinajstić information content (AvgIpc) is 2.88. The Morgan fingerprint density at radius 2 is 2.28 bits per heavy atom. The molecule has 1 saturated carbocycles. The van der Waals surface area contributed by atoms with Crippen molar-refractivity contribution in [2.24, 2.45) is 5.92 Å². The van der Waals surface area contributed by atoms with Gasteiger partial charge in [-0.25, -0.2) is 0 Å². The van der Waals surface area contributed by atoms with E-state index in [1.165, 1.54) is 0 Å². The summed E-state index contributed by atoms with van der Waals surface area (Å²) < 4.78 is 11.7. The van der Waals surface area contributed by atoms with E-state index in [1.54, 1.807) is 12.4 Å². The second-order valence-corrected chi connectivity index (χ2v) is 8.22. The summed E-state index contributed by atoms with van der Waals surface area (Å²) in [6.07, 6.45) is 5.86. The fourth-order valence-electron chi connectivity index (χ4n) is 4.11. The summed E-state index contributed by atoms with van der Waals surface area (Å²) in [5.41, 5.74) is 6.01. The molecule has 0 spiro atoms. The Hall–Kier alpha value is -1.66. The molecule has 0 bridgehead atoms. The summed E-state index contributed by atoms with van der Waals surface area (Å²) in [6.45, 7) is 5.55. The lowest BCUT2D eigenvalue weighted by Gasteiger charge is -2.45. The van der Waals surface area contributed by atoms with Gasteiger partial charge in [0.2, 0.25) is 0 Å². The van der Waals surface area contributed by atoms with E-state index in [2.05, 4.69) is 4.98 Å². The zero-order valence-electron chi connectivity index (χ0n) is 15.2. The number of nitrogens with zero attached hydrogens (tertiary/aromatic N) is 1. The van der Waals surface area contributed by atoms with Crippen molar-refractivity contribution in [1.29, 1.82) is 0 Å². The van der Waals surface area contributed by atoms with E-state index < -0.39 is 11.2 Å². The number of nitrogens with two attached hydrogens (primary N) is 1. The molecule has 2 aliphatic rings. The highest BCUT2D eigenvalue weighted by molar-refractivity contribution is 5.70. The third kappa shape index (κ3) is 3.80. The molecule has 3 N–H and O–H groups in total. The van der Waals surface area contributed by atoms with Crippen LogP contribution in [0.25, 0.3) is 0 Å². The summed E-state index contributed by atoms with van der Waals surface area (Å²) >= 11 is 0. The lowest BCUT2D eigenvalue weighted by molar-refractivity contribution is -0.200. The second kappa shape index (κ2) is 6.57. The van der Waals surface area contributed by atoms with Crippen molar-refractivity contribution in [3.05, 3.63) is 24.0 Å². The van der Waals surface area contributed by atoms with Crippen LogP contribution in [0.3, 0.4) is 0 Å². The number of aliphatic hydroxyl groups is 1. The minimum atomic E-state index is -0.963. The van der Waals surface area contributed by atoms with Gasteiger partial charge < -0.3 is 20.3 Å². The van der Waals surface area contributed by atoms with Crippen LogP contribution in [0.5, 0.6) is 0 Å². The van der Waals surface area contributed by atoms with E-state index in [-0.39, 0.29) is 30.5 Å². The number of fused-ring (bicyclic) bond motifs is 1. The highest BCUT2D eigenvalue weighted by Gasteiger charge is 2.53. The van der Waals surface area contributed by atoms with E-state index in [1.807, 2.05) is 26.8 Å². The first-order chi connectivity index (χ1) is 11.7. The Morgan fingerprint density at radius 1 is 1.52 bits per heavy atom. The van der Waals surface area contributed by atoms with Crippen LogP contribution in [-0.4, -0.2) is 33.4 Å². The fourth-order valence-corrected chi connectivity index (χ4v) is 4.11. The van der Waals surface area contributed by atoms with Crippen molar-refractivity contribution in [1.82, 2.24) is 4.98 Å². The molecule has 1 aliphatic carbocycles. The van der Waals surface area contributed by atoms with Crippen molar-refractivity contribution in [2.45, 2.75) is 76.3 Å². The van der Waals surface area contributed by atoms with Gasteiger partial charge in [-0.2, -0.15) is 0 Å². The van der Waals surface area contributed by atoms with Crippen LogP contribution in [0.2, 0.25) is 0 Å². The van der Waals surface area contributed by atoms with Gasteiger partial charge >= 0.3 is 5.97 Å².